The number of hydrogen-bond acceptors (Lipinski definition) is 10. The maximum atomic E-state index is 14.7. The summed E-state index contributed by atoms with van der Waals surface area (Å²) in [5, 5.41) is 6.68. The molecule has 2 N–H and O–H groups in total. The van der Waals surface area contributed by atoms with Crippen LogP contribution < -0.4 is 20.7 Å². The van der Waals surface area contributed by atoms with Gasteiger partial charge in [0.2, 0.25) is 12.3 Å². The van der Waals surface area contributed by atoms with Gasteiger partial charge in [0.1, 0.15) is 11.5 Å². The number of carbonyl (C=O) groups excluding carboxylic acids is 4. The van der Waals surface area contributed by atoms with E-state index in [9.17, 15) is 23.7 Å². The molecule has 62 heavy (non-hydrogen) atoms. The zero-order chi connectivity index (χ0) is 44.6. The van der Waals surface area contributed by atoms with Gasteiger partial charge >= 0.3 is 13.6 Å². The number of hydroxylamine groups is 2. The molecule has 0 fully saturated rings. The monoisotopic (exact) mass is 873 g/mol. The van der Waals surface area contributed by atoms with Crippen LogP contribution in [0.4, 0.5) is 0 Å². The van der Waals surface area contributed by atoms with Crippen molar-refractivity contribution < 1.29 is 46.8 Å². The van der Waals surface area contributed by atoms with Crippen LogP contribution in [0.1, 0.15) is 126 Å². The third-order valence-corrected chi connectivity index (χ3v) is 12.2. The lowest BCUT2D eigenvalue weighted by molar-refractivity contribution is -0.204. The van der Waals surface area contributed by atoms with Gasteiger partial charge in [0, 0.05) is 12.0 Å². The summed E-state index contributed by atoms with van der Waals surface area (Å²) in [7, 11) is -3.98. The quantitative estimate of drug-likeness (QED) is 0.0170. The van der Waals surface area contributed by atoms with Crippen molar-refractivity contribution in [2.75, 3.05) is 13.3 Å². The molecule has 2 atom stereocenters. The lowest BCUT2D eigenvalue weighted by atomic mass is 9.90. The van der Waals surface area contributed by atoms with Gasteiger partial charge < -0.3 is 33.7 Å². The molecule has 0 saturated carbocycles. The van der Waals surface area contributed by atoms with Gasteiger partial charge in [-0.05, 0) is 67.6 Å². The third-order valence-electron chi connectivity index (χ3n) is 10.3. The highest BCUT2D eigenvalue weighted by molar-refractivity contribution is 7.62. The average Bonchev–Trinajstić information content (AvgIpc) is 3.80. The van der Waals surface area contributed by atoms with Crippen LogP contribution in [0.25, 0.3) is 11.3 Å². The Morgan fingerprint density at radius 1 is 0.758 bits per heavy atom. The molecule has 0 unspecified atom stereocenters. The van der Waals surface area contributed by atoms with Crippen molar-refractivity contribution in [2.45, 2.75) is 124 Å². The molecule has 4 aromatic rings. The van der Waals surface area contributed by atoms with E-state index in [1.165, 1.54) is 6.07 Å². The Balaban J connectivity index is 1.45. The van der Waals surface area contributed by atoms with Gasteiger partial charge in [0.25, 0.3) is 5.91 Å². The van der Waals surface area contributed by atoms with E-state index in [0.29, 0.717) is 49.4 Å². The van der Waals surface area contributed by atoms with Crippen LogP contribution in [0, 0.1) is 5.92 Å². The van der Waals surface area contributed by atoms with Crippen molar-refractivity contribution in [3.8, 4) is 17.1 Å². The van der Waals surface area contributed by atoms with Gasteiger partial charge in [-0.2, -0.15) is 5.06 Å². The molecular formula is C48H64N3O10P. The first-order valence-electron chi connectivity index (χ1n) is 22.0. The number of unbranched alkanes of at least 4 members (excludes halogenated alkanes) is 7. The molecule has 1 heterocycles. The minimum absolute atomic E-state index is 0.0308. The number of rotatable bonds is 30. The molecule has 0 radical (unpaired) electrons. The van der Waals surface area contributed by atoms with Gasteiger partial charge in [-0.15, -0.1) is 0 Å². The molecule has 1 aromatic heterocycles. The van der Waals surface area contributed by atoms with Crippen molar-refractivity contribution in [3.05, 3.63) is 108 Å². The number of hydrogen-bond donors (Lipinski definition) is 2. The molecule has 0 aliphatic rings. The normalized spacial score (nSPS) is 12.3. The fraction of sp³-hybridized carbons (Fsp3) is 0.458. The molecule has 3 aromatic carbocycles. The molecule has 0 bridgehead atoms. The van der Waals surface area contributed by atoms with Crippen molar-refractivity contribution in [2.24, 2.45) is 5.92 Å². The lowest BCUT2D eigenvalue weighted by Gasteiger charge is -2.31. The average molecular weight is 874 g/mol. The van der Waals surface area contributed by atoms with E-state index in [1.54, 1.807) is 24.3 Å². The Hall–Kier alpha value is -5.23. The van der Waals surface area contributed by atoms with Crippen molar-refractivity contribution in [1.82, 2.24) is 15.7 Å². The molecule has 0 aliphatic heterocycles. The Morgan fingerprint density at radius 3 is 2.00 bits per heavy atom. The first-order valence-corrected chi connectivity index (χ1v) is 23.5. The van der Waals surface area contributed by atoms with Gasteiger partial charge in [-0.25, -0.2) is 4.79 Å². The molecule has 13 nitrogen and oxygen atoms in total. The molecule has 336 valence electrons. The Morgan fingerprint density at radius 2 is 1.39 bits per heavy atom. The Kier molecular flexibility index (Phi) is 21.5. The number of amides is 3. The molecule has 0 saturated heterocycles. The zero-order valence-corrected chi connectivity index (χ0v) is 37.6. The SMILES string of the molecule is CCCCCCCCC(=O)ON(C=O)[C@H](CC)[C@@H](CCCCC)C(=O)NCNC(=O)c1ccc(-c2cc(OCC)cc(P(=O)(OCc3ccccc3)OCc3ccccc3)c2)o1. The summed E-state index contributed by atoms with van der Waals surface area (Å²) in [4.78, 5) is 57.4. The van der Waals surface area contributed by atoms with Crippen LogP contribution >= 0.6 is 7.60 Å². The number of benzene rings is 3. The van der Waals surface area contributed by atoms with E-state index in [-0.39, 0.29) is 43.3 Å². The second-order valence-corrected chi connectivity index (χ2v) is 17.1. The summed E-state index contributed by atoms with van der Waals surface area (Å²) >= 11 is 0. The maximum absolute atomic E-state index is 14.7. The van der Waals surface area contributed by atoms with Crippen LogP contribution in [0.15, 0.2) is 95.4 Å². The van der Waals surface area contributed by atoms with E-state index in [2.05, 4.69) is 24.5 Å². The lowest BCUT2D eigenvalue weighted by Crippen LogP contribution is -2.49. The van der Waals surface area contributed by atoms with Crippen molar-refractivity contribution in [1.29, 1.82) is 0 Å². The largest absolute Gasteiger partial charge is 0.494 e. The van der Waals surface area contributed by atoms with Crippen molar-refractivity contribution in [3.63, 3.8) is 0 Å². The van der Waals surface area contributed by atoms with E-state index >= 15 is 0 Å². The number of nitrogens with one attached hydrogen (secondary N) is 2. The van der Waals surface area contributed by atoms with Crippen molar-refractivity contribution >= 4 is 37.1 Å². The summed E-state index contributed by atoms with van der Waals surface area (Å²) in [6, 6.07) is 26.1. The fourth-order valence-corrected chi connectivity index (χ4v) is 8.56. The predicted molar refractivity (Wildman–Crippen MR) is 239 cm³/mol. The third kappa shape index (κ3) is 15.9. The Labute approximate surface area is 366 Å². The van der Waals surface area contributed by atoms with Crippen LogP contribution in [0.3, 0.4) is 0 Å². The highest BCUT2D eigenvalue weighted by atomic mass is 31.2. The molecular weight excluding hydrogens is 810 g/mol. The molecule has 14 heteroatoms. The van der Waals surface area contributed by atoms with Crippen LogP contribution in [0.5, 0.6) is 5.75 Å². The number of nitrogens with zero attached hydrogens (tertiary/aromatic N) is 1. The first kappa shape index (κ1) is 49.4. The standard InChI is InChI=1S/C48H64N3O10P/c1-5-9-11-12-13-21-27-46(53)61-51(36-52)43(7-3)42(26-16-10-6-2)47(54)49-35-50-48(55)45-29-28-44(60-45)39-30-40(57-8-4)32-41(31-39)62(56,58-33-37-22-17-14-18-23-37)59-34-38-24-19-15-20-25-38/h14-15,17-20,22-25,28-32,36,42-43H,5-13,16,21,26-27,33-35H2,1-4H3,(H,49,54)(H,50,55)/t42-,43-/m1/s1. The maximum Gasteiger partial charge on any atom is 0.362 e. The van der Waals surface area contributed by atoms with E-state index < -0.39 is 31.4 Å². The second-order valence-electron chi connectivity index (χ2n) is 15.1. The number of ether oxygens (including phenoxy) is 1. The number of furan rings is 1. The van der Waals surface area contributed by atoms with Gasteiger partial charge in [0.15, 0.2) is 5.76 Å². The summed E-state index contributed by atoms with van der Waals surface area (Å²) in [5.41, 5.74) is 2.10. The van der Waals surface area contributed by atoms with Gasteiger partial charge in [0.05, 0.1) is 43.8 Å². The van der Waals surface area contributed by atoms with Gasteiger partial charge in [-0.1, -0.05) is 133 Å². The van der Waals surface area contributed by atoms with Crippen LogP contribution in [-0.2, 0) is 46.0 Å². The summed E-state index contributed by atoms with van der Waals surface area (Å²) in [6.07, 6.45) is 10.0. The van der Waals surface area contributed by atoms with Crippen LogP contribution in [0.2, 0.25) is 0 Å². The van der Waals surface area contributed by atoms with Crippen LogP contribution in [-0.4, -0.2) is 48.6 Å². The second kappa shape index (κ2) is 27.0. The zero-order valence-electron chi connectivity index (χ0n) is 36.7. The molecule has 0 spiro atoms. The topological polar surface area (TPSA) is 163 Å². The molecule has 4 rings (SSSR count). The van der Waals surface area contributed by atoms with E-state index in [4.69, 9.17) is 23.0 Å². The Bertz CT molecular complexity index is 1960. The molecule has 3 amide bonds. The first-order chi connectivity index (χ1) is 30.1. The van der Waals surface area contributed by atoms with E-state index in [1.807, 2.05) is 74.5 Å². The highest BCUT2D eigenvalue weighted by Crippen LogP contribution is 2.50. The molecule has 0 aliphatic carbocycles. The predicted octanol–water partition coefficient (Wildman–Crippen LogP) is 10.0. The van der Waals surface area contributed by atoms with E-state index in [0.717, 1.165) is 67.6 Å². The smallest absolute Gasteiger partial charge is 0.362 e. The summed E-state index contributed by atoms with van der Waals surface area (Å²) in [5.74, 6) is -1.52. The number of carbonyl (C=O) groups is 4. The summed E-state index contributed by atoms with van der Waals surface area (Å²) < 4.78 is 38.7. The highest BCUT2D eigenvalue weighted by Gasteiger charge is 2.34. The minimum Gasteiger partial charge on any atom is -0.494 e. The minimum atomic E-state index is -3.98. The summed E-state index contributed by atoms with van der Waals surface area (Å²) in [6.45, 7) is 8.04. The fourth-order valence-electron chi connectivity index (χ4n) is 6.97. The van der Waals surface area contributed by atoms with Gasteiger partial charge in [-0.3, -0.25) is 18.9 Å².